The molecule has 210 valence electrons. The smallest absolute Gasteiger partial charge is 0.413 e. The molecule has 0 bridgehead atoms. The van der Waals surface area contributed by atoms with Crippen LogP contribution in [-0.4, -0.2) is 74.9 Å². The first-order chi connectivity index (χ1) is 19.0. The van der Waals surface area contributed by atoms with Crippen LogP contribution in [0.1, 0.15) is 29.5 Å². The number of benzene rings is 1. The maximum Gasteiger partial charge on any atom is 0.413 e. The summed E-state index contributed by atoms with van der Waals surface area (Å²) in [5, 5.41) is 12.7. The minimum Gasteiger partial charge on any atom is -0.437 e. The topological polar surface area (TPSA) is 133 Å². The minimum absolute atomic E-state index is 0.0464. The molecular weight excluding hydrogens is 555 g/mol. The predicted molar refractivity (Wildman–Crippen MR) is 135 cm³/mol. The highest BCUT2D eigenvalue weighted by Crippen LogP contribution is 2.42. The van der Waals surface area contributed by atoms with Gasteiger partial charge in [0.25, 0.3) is 0 Å². The van der Waals surface area contributed by atoms with Gasteiger partial charge in [0.2, 0.25) is 5.91 Å². The summed E-state index contributed by atoms with van der Waals surface area (Å²) < 4.78 is 46.0. The number of amides is 4. The number of alkyl halides is 3. The molecule has 0 radical (unpaired) electrons. The van der Waals surface area contributed by atoms with Crippen LogP contribution in [0.2, 0.25) is 5.02 Å². The van der Waals surface area contributed by atoms with Crippen molar-refractivity contribution in [2.24, 2.45) is 0 Å². The fourth-order valence-corrected chi connectivity index (χ4v) is 6.00. The molecule has 1 aromatic carbocycles. The summed E-state index contributed by atoms with van der Waals surface area (Å²) in [6.07, 6.45) is -1.76. The van der Waals surface area contributed by atoms with Gasteiger partial charge in [0.05, 0.1) is 16.7 Å². The van der Waals surface area contributed by atoms with Crippen LogP contribution in [-0.2, 0) is 28.1 Å². The molecular formula is C25H23ClF3N7O4. The van der Waals surface area contributed by atoms with E-state index < -0.39 is 42.4 Å². The lowest BCUT2D eigenvalue weighted by molar-refractivity contribution is -0.163. The predicted octanol–water partition coefficient (Wildman–Crippen LogP) is 3.69. The number of likely N-dealkylation sites (tertiary alicyclic amines) is 1. The third-order valence-electron chi connectivity index (χ3n) is 7.61. The van der Waals surface area contributed by atoms with Crippen LogP contribution in [0.4, 0.5) is 28.6 Å². The van der Waals surface area contributed by atoms with Crippen LogP contribution in [0.15, 0.2) is 30.6 Å². The Morgan fingerprint density at radius 2 is 2.05 bits per heavy atom. The van der Waals surface area contributed by atoms with Crippen molar-refractivity contribution in [3.63, 3.8) is 0 Å². The minimum atomic E-state index is -4.64. The van der Waals surface area contributed by atoms with Gasteiger partial charge < -0.3 is 19.9 Å². The Labute approximate surface area is 230 Å². The number of pyridine rings is 1. The number of anilines is 1. The number of aromatic amines is 1. The molecule has 11 nitrogen and oxygen atoms in total. The number of nitrogens with zero attached hydrogens (tertiary/aromatic N) is 4. The number of halogens is 4. The monoisotopic (exact) mass is 577 g/mol. The first-order valence-corrected chi connectivity index (χ1v) is 12.9. The van der Waals surface area contributed by atoms with Crippen LogP contribution >= 0.6 is 11.6 Å². The number of aromatic nitrogens is 3. The van der Waals surface area contributed by atoms with Crippen molar-refractivity contribution in [3.05, 3.63) is 52.3 Å². The highest BCUT2D eigenvalue weighted by Gasteiger charge is 2.46. The van der Waals surface area contributed by atoms with Crippen LogP contribution in [0.25, 0.3) is 10.9 Å². The van der Waals surface area contributed by atoms with E-state index in [4.69, 9.17) is 16.3 Å². The van der Waals surface area contributed by atoms with Gasteiger partial charge in [0, 0.05) is 56.0 Å². The van der Waals surface area contributed by atoms with E-state index in [0.29, 0.717) is 43.3 Å². The quantitative estimate of drug-likeness (QED) is 0.426. The SMILES string of the molecule is O=C1Nc2ncccc2C2(CCN(C(=O)NC3Cc4cc(Cl)c5[nH]ncc5c4CN(CC(F)(F)F)C3=O)CC2)O1. The number of hydrogen-bond donors (Lipinski definition) is 3. The van der Waals surface area contributed by atoms with Gasteiger partial charge >= 0.3 is 18.3 Å². The summed E-state index contributed by atoms with van der Waals surface area (Å²) in [6, 6.07) is 3.26. The van der Waals surface area contributed by atoms with Crippen molar-refractivity contribution < 1.29 is 32.3 Å². The molecule has 1 unspecified atom stereocenters. The largest absolute Gasteiger partial charge is 0.437 e. The van der Waals surface area contributed by atoms with Gasteiger partial charge in [-0.2, -0.15) is 18.3 Å². The molecule has 6 rings (SSSR count). The highest BCUT2D eigenvalue weighted by molar-refractivity contribution is 6.35. The molecule has 3 aromatic rings. The zero-order valence-electron chi connectivity index (χ0n) is 20.8. The fraction of sp³-hybridized carbons (Fsp3) is 0.400. The Balaban J connectivity index is 1.23. The Bertz CT molecular complexity index is 1520. The van der Waals surface area contributed by atoms with E-state index in [0.717, 1.165) is 0 Å². The van der Waals surface area contributed by atoms with Gasteiger partial charge in [-0.3, -0.25) is 15.2 Å². The molecule has 3 aliphatic heterocycles. The summed E-state index contributed by atoms with van der Waals surface area (Å²) >= 11 is 6.37. The van der Waals surface area contributed by atoms with Gasteiger partial charge in [-0.25, -0.2) is 14.6 Å². The van der Waals surface area contributed by atoms with E-state index in [1.807, 2.05) is 0 Å². The fourth-order valence-electron chi connectivity index (χ4n) is 5.72. The van der Waals surface area contributed by atoms with E-state index in [2.05, 4.69) is 25.8 Å². The van der Waals surface area contributed by atoms with E-state index >= 15 is 0 Å². The number of carbonyl (C=O) groups is 3. The normalized spacial score (nSPS) is 20.4. The highest BCUT2D eigenvalue weighted by atomic mass is 35.5. The molecule has 1 spiro atoms. The van der Waals surface area contributed by atoms with Gasteiger partial charge in [-0.05, 0) is 29.3 Å². The van der Waals surface area contributed by atoms with E-state index in [9.17, 15) is 27.6 Å². The number of piperidine rings is 1. The van der Waals surface area contributed by atoms with Gasteiger partial charge in [-0.15, -0.1) is 0 Å². The number of nitrogens with one attached hydrogen (secondary N) is 3. The number of ether oxygens (including phenoxy) is 1. The summed E-state index contributed by atoms with van der Waals surface area (Å²) in [5.74, 6) is -0.454. The number of hydrogen-bond acceptors (Lipinski definition) is 6. The molecule has 0 aliphatic carbocycles. The summed E-state index contributed by atoms with van der Waals surface area (Å²) in [6.45, 7) is -1.43. The van der Waals surface area contributed by atoms with Crippen molar-refractivity contribution in [1.82, 2.24) is 30.3 Å². The first kappa shape index (κ1) is 26.2. The van der Waals surface area contributed by atoms with Gasteiger partial charge in [-0.1, -0.05) is 11.6 Å². The summed E-state index contributed by atoms with van der Waals surface area (Å²) in [7, 11) is 0. The second kappa shape index (κ2) is 9.54. The standard InChI is InChI=1S/C25H23ClF3N7O4/c26-17-8-13-9-18(21(37)36(12-25(27,28)29)11-15(13)14-10-31-34-19(14)17)32-22(38)35-6-3-24(4-7-35)16-2-1-5-30-20(16)33-23(39)40-24/h1-2,5,8,10,18H,3-4,6-7,9,11-12H2,(H,31,34)(H,32,38)(H,30,33,39). The number of carbonyl (C=O) groups excluding carboxylic acids is 3. The number of urea groups is 1. The van der Waals surface area contributed by atoms with Crippen LogP contribution in [0.3, 0.4) is 0 Å². The average molecular weight is 578 g/mol. The molecule has 5 heterocycles. The molecule has 2 aromatic heterocycles. The second-order valence-electron chi connectivity index (χ2n) is 10.1. The lowest BCUT2D eigenvalue weighted by Gasteiger charge is -2.43. The molecule has 3 N–H and O–H groups in total. The van der Waals surface area contributed by atoms with Crippen molar-refractivity contribution in [3.8, 4) is 0 Å². The van der Waals surface area contributed by atoms with E-state index in [-0.39, 0.29) is 38.9 Å². The Morgan fingerprint density at radius 3 is 2.80 bits per heavy atom. The Hall–Kier alpha value is -4.07. The van der Waals surface area contributed by atoms with Crippen molar-refractivity contribution in [2.45, 2.75) is 43.6 Å². The third-order valence-corrected chi connectivity index (χ3v) is 7.91. The molecule has 15 heteroatoms. The zero-order chi connectivity index (χ0) is 28.2. The summed E-state index contributed by atoms with van der Waals surface area (Å²) in [4.78, 5) is 45.2. The van der Waals surface area contributed by atoms with E-state index in [1.165, 1.54) is 11.1 Å². The lowest BCUT2D eigenvalue weighted by Crippen LogP contribution is -2.56. The second-order valence-corrected chi connectivity index (χ2v) is 10.5. The molecule has 1 atom stereocenters. The lowest BCUT2D eigenvalue weighted by atomic mass is 9.83. The zero-order valence-corrected chi connectivity index (χ0v) is 21.6. The van der Waals surface area contributed by atoms with Gasteiger partial charge in [0.1, 0.15) is 24.0 Å². The van der Waals surface area contributed by atoms with Crippen molar-refractivity contribution >= 4 is 46.4 Å². The number of rotatable bonds is 2. The first-order valence-electron chi connectivity index (χ1n) is 12.5. The molecule has 0 saturated carbocycles. The number of fused-ring (bicyclic) bond motifs is 5. The molecule has 3 aliphatic rings. The van der Waals surface area contributed by atoms with Crippen LogP contribution < -0.4 is 10.6 Å². The molecule has 40 heavy (non-hydrogen) atoms. The van der Waals surface area contributed by atoms with Crippen LogP contribution in [0.5, 0.6) is 0 Å². The van der Waals surface area contributed by atoms with Gasteiger partial charge in [0.15, 0.2) is 0 Å². The maximum atomic E-state index is 13.5. The Morgan fingerprint density at radius 1 is 1.27 bits per heavy atom. The molecule has 1 saturated heterocycles. The van der Waals surface area contributed by atoms with Crippen molar-refractivity contribution in [1.29, 1.82) is 0 Å². The number of H-pyrrole nitrogens is 1. The Kier molecular flexibility index (Phi) is 6.24. The maximum absolute atomic E-state index is 13.5. The molecule has 4 amide bonds. The average Bonchev–Trinajstić information content (AvgIpc) is 3.36. The van der Waals surface area contributed by atoms with E-state index in [1.54, 1.807) is 24.4 Å². The third kappa shape index (κ3) is 4.65. The summed E-state index contributed by atoms with van der Waals surface area (Å²) in [5.41, 5.74) is 1.24. The van der Waals surface area contributed by atoms with Crippen molar-refractivity contribution in [2.75, 3.05) is 25.0 Å². The van der Waals surface area contributed by atoms with Crippen LogP contribution in [0, 0.1) is 0 Å². The molecule has 1 fully saturated rings.